The maximum absolute atomic E-state index is 13.0. The molecule has 0 saturated heterocycles. The number of sulfonamides is 1. The zero-order chi connectivity index (χ0) is 17.3. The molecule has 1 aliphatic rings. The number of nitrogens with one attached hydrogen (secondary N) is 1. The summed E-state index contributed by atoms with van der Waals surface area (Å²) < 4.78 is 33.1. The lowest BCUT2D eigenvalue weighted by Gasteiger charge is -2.34. The van der Waals surface area contributed by atoms with Gasteiger partial charge in [-0.3, -0.25) is 9.10 Å². The van der Waals surface area contributed by atoms with Crippen LogP contribution in [0, 0.1) is 0 Å². The Bertz CT molecular complexity index is 862. The minimum Gasteiger partial charge on any atom is -0.487 e. The first-order valence-corrected chi connectivity index (χ1v) is 8.98. The van der Waals surface area contributed by atoms with Crippen LogP contribution in [0.5, 0.6) is 5.75 Å². The zero-order valence-corrected chi connectivity index (χ0v) is 14.2. The second-order valence-electron chi connectivity index (χ2n) is 5.64. The van der Waals surface area contributed by atoms with Crippen LogP contribution in [0.3, 0.4) is 0 Å². The van der Waals surface area contributed by atoms with Crippen molar-refractivity contribution in [3.8, 4) is 5.75 Å². The highest BCUT2D eigenvalue weighted by Crippen LogP contribution is 2.36. The summed E-state index contributed by atoms with van der Waals surface area (Å²) in [5.74, 6) is 0.344. The second-order valence-corrected chi connectivity index (χ2v) is 7.50. The smallest absolute Gasteiger partial charge is 0.264 e. The zero-order valence-electron chi connectivity index (χ0n) is 13.4. The van der Waals surface area contributed by atoms with Gasteiger partial charge in [0.2, 0.25) is 5.91 Å². The largest absolute Gasteiger partial charge is 0.487 e. The van der Waals surface area contributed by atoms with Crippen LogP contribution in [0.1, 0.15) is 13.8 Å². The van der Waals surface area contributed by atoms with E-state index in [1.807, 2.05) is 13.0 Å². The van der Waals surface area contributed by atoms with E-state index in [1.54, 1.807) is 30.3 Å². The number of carbonyl (C=O) groups excluding carboxylic acids is 1. The maximum Gasteiger partial charge on any atom is 0.264 e. The van der Waals surface area contributed by atoms with Gasteiger partial charge in [-0.2, -0.15) is 0 Å². The average molecular weight is 346 g/mol. The lowest BCUT2D eigenvalue weighted by atomic mass is 10.2. The molecule has 0 fully saturated rings. The molecule has 6 nitrogen and oxygen atoms in total. The Kier molecular flexibility index (Phi) is 4.19. The summed E-state index contributed by atoms with van der Waals surface area (Å²) in [5.41, 5.74) is 1.08. The Morgan fingerprint density at radius 2 is 1.83 bits per heavy atom. The first kappa shape index (κ1) is 16.3. The summed E-state index contributed by atoms with van der Waals surface area (Å²) in [5, 5.41) is 2.62. The number of hydrogen-bond acceptors (Lipinski definition) is 4. The normalized spacial score (nSPS) is 16.9. The van der Waals surface area contributed by atoms with Gasteiger partial charge in [0, 0.05) is 12.6 Å². The second kappa shape index (κ2) is 6.16. The summed E-state index contributed by atoms with van der Waals surface area (Å²) in [4.78, 5) is 11.2. The molecule has 0 aromatic heterocycles. The van der Waals surface area contributed by atoms with Crippen molar-refractivity contribution in [1.82, 2.24) is 0 Å². The quantitative estimate of drug-likeness (QED) is 0.927. The fourth-order valence-electron chi connectivity index (χ4n) is 2.62. The number of para-hydroxylation sites is 2. The van der Waals surface area contributed by atoms with E-state index in [2.05, 4.69) is 5.32 Å². The predicted octanol–water partition coefficient (Wildman–Crippen LogP) is 2.62. The minimum atomic E-state index is -3.71. The Hall–Kier alpha value is -2.54. The van der Waals surface area contributed by atoms with Crippen LogP contribution in [-0.2, 0) is 14.8 Å². The fraction of sp³-hybridized carbons (Fsp3) is 0.235. The van der Waals surface area contributed by atoms with Crippen LogP contribution in [0.4, 0.5) is 11.4 Å². The average Bonchev–Trinajstić information content (AvgIpc) is 2.54. The molecule has 1 unspecified atom stereocenters. The number of anilines is 2. The molecule has 1 amide bonds. The molecule has 1 N–H and O–H groups in total. The van der Waals surface area contributed by atoms with E-state index in [9.17, 15) is 13.2 Å². The lowest BCUT2D eigenvalue weighted by molar-refractivity contribution is -0.114. The monoisotopic (exact) mass is 346 g/mol. The minimum absolute atomic E-state index is 0.167. The maximum atomic E-state index is 13.0. The van der Waals surface area contributed by atoms with Crippen molar-refractivity contribution in [2.45, 2.75) is 24.8 Å². The molecule has 0 aliphatic carbocycles. The number of carbonyl (C=O) groups is 1. The van der Waals surface area contributed by atoms with Gasteiger partial charge in [0.05, 0.1) is 17.1 Å². The van der Waals surface area contributed by atoms with Crippen molar-refractivity contribution in [2.24, 2.45) is 0 Å². The molecule has 0 radical (unpaired) electrons. The van der Waals surface area contributed by atoms with Gasteiger partial charge in [-0.1, -0.05) is 12.1 Å². The molecule has 1 heterocycles. The van der Waals surface area contributed by atoms with Crippen molar-refractivity contribution in [3.63, 3.8) is 0 Å². The van der Waals surface area contributed by atoms with E-state index in [4.69, 9.17) is 4.74 Å². The molecule has 24 heavy (non-hydrogen) atoms. The third kappa shape index (κ3) is 3.07. The van der Waals surface area contributed by atoms with Crippen molar-refractivity contribution >= 4 is 27.3 Å². The van der Waals surface area contributed by atoms with Crippen LogP contribution >= 0.6 is 0 Å². The number of amides is 1. The van der Waals surface area contributed by atoms with Crippen LogP contribution in [0.15, 0.2) is 53.4 Å². The number of hydrogen-bond donors (Lipinski definition) is 1. The van der Waals surface area contributed by atoms with Crippen LogP contribution in [-0.4, -0.2) is 27.0 Å². The van der Waals surface area contributed by atoms with E-state index >= 15 is 0 Å². The fourth-order valence-corrected chi connectivity index (χ4v) is 4.17. The number of nitrogens with zero attached hydrogens (tertiary/aromatic N) is 1. The summed E-state index contributed by atoms with van der Waals surface area (Å²) in [6, 6.07) is 13.2. The molecule has 7 heteroatoms. The number of benzene rings is 2. The number of ether oxygens (including phenoxy) is 1. The molecule has 0 spiro atoms. The van der Waals surface area contributed by atoms with E-state index < -0.39 is 10.0 Å². The lowest BCUT2D eigenvalue weighted by Crippen LogP contribution is -2.42. The van der Waals surface area contributed by atoms with E-state index in [-0.39, 0.29) is 23.5 Å². The van der Waals surface area contributed by atoms with Crippen molar-refractivity contribution < 1.29 is 17.9 Å². The first-order chi connectivity index (χ1) is 11.4. The summed E-state index contributed by atoms with van der Waals surface area (Å²) >= 11 is 0. The standard InChI is InChI=1S/C17H18N2O4S/c1-12-11-19(16-5-3-4-6-17(16)23-12)24(21,22)15-9-7-14(8-10-15)18-13(2)20/h3-10,12H,11H2,1-2H3,(H,18,20). The highest BCUT2D eigenvalue weighted by atomic mass is 32.2. The van der Waals surface area contributed by atoms with Gasteiger partial charge >= 0.3 is 0 Å². The van der Waals surface area contributed by atoms with Crippen molar-refractivity contribution in [3.05, 3.63) is 48.5 Å². The van der Waals surface area contributed by atoms with Crippen LogP contribution in [0.2, 0.25) is 0 Å². The predicted molar refractivity (Wildman–Crippen MR) is 91.8 cm³/mol. The van der Waals surface area contributed by atoms with Gasteiger partial charge in [0.1, 0.15) is 11.9 Å². The Balaban J connectivity index is 1.97. The Morgan fingerprint density at radius 3 is 2.50 bits per heavy atom. The molecule has 2 aromatic carbocycles. The summed E-state index contributed by atoms with van der Waals surface area (Å²) in [6.07, 6.45) is -0.242. The third-order valence-electron chi connectivity index (χ3n) is 3.65. The number of rotatable bonds is 3. The molecule has 1 atom stereocenters. The summed E-state index contributed by atoms with van der Waals surface area (Å²) in [7, 11) is -3.71. The molecule has 126 valence electrons. The number of fused-ring (bicyclic) bond motifs is 1. The topological polar surface area (TPSA) is 75.7 Å². The Morgan fingerprint density at radius 1 is 1.17 bits per heavy atom. The van der Waals surface area contributed by atoms with Crippen LogP contribution < -0.4 is 14.4 Å². The van der Waals surface area contributed by atoms with E-state index in [0.717, 1.165) is 0 Å². The third-order valence-corrected chi connectivity index (χ3v) is 5.44. The highest BCUT2D eigenvalue weighted by Gasteiger charge is 2.32. The van der Waals surface area contributed by atoms with Crippen LogP contribution in [0.25, 0.3) is 0 Å². The summed E-state index contributed by atoms with van der Waals surface area (Å²) in [6.45, 7) is 3.47. The van der Waals surface area contributed by atoms with E-state index in [0.29, 0.717) is 17.1 Å². The molecular weight excluding hydrogens is 328 g/mol. The molecular formula is C17H18N2O4S. The highest BCUT2D eigenvalue weighted by molar-refractivity contribution is 7.92. The van der Waals surface area contributed by atoms with Gasteiger partial charge in [0.25, 0.3) is 10.0 Å². The first-order valence-electron chi connectivity index (χ1n) is 7.54. The van der Waals surface area contributed by atoms with Gasteiger partial charge < -0.3 is 10.1 Å². The Labute approximate surface area is 141 Å². The van der Waals surface area contributed by atoms with Gasteiger partial charge in [-0.25, -0.2) is 8.42 Å². The molecule has 3 rings (SSSR count). The molecule has 0 saturated carbocycles. The van der Waals surface area contributed by atoms with Gasteiger partial charge in [-0.05, 0) is 43.3 Å². The molecule has 2 aromatic rings. The van der Waals surface area contributed by atoms with Gasteiger partial charge in [-0.15, -0.1) is 0 Å². The van der Waals surface area contributed by atoms with Gasteiger partial charge in [0.15, 0.2) is 0 Å². The molecule has 0 bridgehead atoms. The van der Waals surface area contributed by atoms with Crippen molar-refractivity contribution in [1.29, 1.82) is 0 Å². The molecule has 1 aliphatic heterocycles. The van der Waals surface area contributed by atoms with E-state index in [1.165, 1.54) is 23.4 Å². The van der Waals surface area contributed by atoms with Crippen molar-refractivity contribution in [2.75, 3.05) is 16.2 Å². The SMILES string of the molecule is CC(=O)Nc1ccc(S(=O)(=O)N2CC(C)Oc3ccccc32)cc1.